The van der Waals surface area contributed by atoms with Crippen LogP contribution in [0.4, 0.5) is 0 Å². The molecule has 8 heteroatoms. The molecule has 2 aromatic heterocycles. The first-order valence-corrected chi connectivity index (χ1v) is 9.64. The molecule has 0 spiro atoms. The van der Waals surface area contributed by atoms with Crippen LogP contribution in [0.15, 0.2) is 48.5 Å². The molecule has 0 fully saturated rings. The maximum Gasteiger partial charge on any atom is 0.217 e. The van der Waals surface area contributed by atoms with Gasteiger partial charge in [0, 0.05) is 10.6 Å². The van der Waals surface area contributed by atoms with Crippen molar-refractivity contribution >= 4 is 45.4 Å². The number of nitrogens with zero attached hydrogens (tertiary/aromatic N) is 4. The smallest absolute Gasteiger partial charge is 0.217 e. The van der Waals surface area contributed by atoms with Crippen molar-refractivity contribution in [1.29, 1.82) is 0 Å². The Hall–Kier alpha value is -2.06. The predicted octanol–water partition coefficient (Wildman–Crippen LogP) is 4.96. The van der Waals surface area contributed by atoms with Crippen LogP contribution in [0.1, 0.15) is 5.01 Å². The number of hydrogen-bond donors (Lipinski definition) is 1. The molecule has 2 heterocycles. The summed E-state index contributed by atoms with van der Waals surface area (Å²) in [6.07, 6.45) is 0. The van der Waals surface area contributed by atoms with Gasteiger partial charge < -0.3 is 0 Å². The monoisotopic (exact) mass is 401 g/mol. The van der Waals surface area contributed by atoms with E-state index in [-0.39, 0.29) is 0 Å². The number of aromatic amines is 1. The lowest BCUT2D eigenvalue weighted by molar-refractivity contribution is 0.244. The van der Waals surface area contributed by atoms with Gasteiger partial charge in [-0.25, -0.2) is 9.67 Å². The van der Waals surface area contributed by atoms with Crippen LogP contribution in [-0.2, 0) is 13.2 Å². The van der Waals surface area contributed by atoms with Gasteiger partial charge in [0.25, 0.3) is 0 Å². The molecule has 5 nitrogen and oxygen atoms in total. The summed E-state index contributed by atoms with van der Waals surface area (Å²) in [5.41, 5.74) is 2.00. The maximum absolute atomic E-state index is 5.94. The zero-order chi connectivity index (χ0) is 18.1. The standard InChI is InChI=1S/C18H16ClN5S2/c1-23(10-16-20-14-4-2-3-5-15(14)26-16)11-24-18(25)21-17(22-24)12-6-8-13(19)9-7-12/h2-9H,10-11H2,1H3,(H,21,22,25). The highest BCUT2D eigenvalue weighted by Gasteiger charge is 2.10. The lowest BCUT2D eigenvalue weighted by Gasteiger charge is -2.15. The first-order chi connectivity index (χ1) is 12.6. The fourth-order valence-corrected chi connectivity index (χ4v) is 4.07. The first-order valence-electron chi connectivity index (χ1n) is 8.04. The highest BCUT2D eigenvalue weighted by molar-refractivity contribution is 7.71. The largest absolute Gasteiger partial charge is 0.281 e. The average Bonchev–Trinajstić information content (AvgIpc) is 3.18. The van der Waals surface area contributed by atoms with Gasteiger partial charge in [0.1, 0.15) is 5.01 Å². The van der Waals surface area contributed by atoms with E-state index in [0.29, 0.717) is 16.5 Å². The van der Waals surface area contributed by atoms with Crippen LogP contribution in [0.3, 0.4) is 0 Å². The number of para-hydroxylation sites is 1. The topological polar surface area (TPSA) is 49.7 Å². The van der Waals surface area contributed by atoms with E-state index in [1.807, 2.05) is 54.2 Å². The third-order valence-electron chi connectivity index (χ3n) is 3.92. The summed E-state index contributed by atoms with van der Waals surface area (Å²) in [5.74, 6) is 0.736. The van der Waals surface area contributed by atoms with E-state index in [9.17, 15) is 0 Å². The van der Waals surface area contributed by atoms with E-state index in [4.69, 9.17) is 23.8 Å². The minimum atomic E-state index is 0.520. The first kappa shape index (κ1) is 17.4. The number of aromatic nitrogens is 4. The summed E-state index contributed by atoms with van der Waals surface area (Å²) in [6.45, 7) is 1.35. The van der Waals surface area contributed by atoms with Crippen molar-refractivity contribution in [3.8, 4) is 11.4 Å². The quantitative estimate of drug-likeness (QED) is 0.480. The Labute approximate surface area is 164 Å². The molecule has 4 rings (SSSR count). The van der Waals surface area contributed by atoms with Gasteiger partial charge in [-0.15, -0.1) is 11.3 Å². The molecule has 0 saturated heterocycles. The number of fused-ring (bicyclic) bond motifs is 1. The molecule has 0 unspecified atom stereocenters. The van der Waals surface area contributed by atoms with Crippen LogP contribution >= 0.6 is 35.2 Å². The summed E-state index contributed by atoms with van der Waals surface area (Å²) < 4.78 is 3.58. The Balaban J connectivity index is 1.49. The average molecular weight is 402 g/mol. The van der Waals surface area contributed by atoms with E-state index >= 15 is 0 Å². The molecular weight excluding hydrogens is 386 g/mol. The summed E-state index contributed by atoms with van der Waals surface area (Å²) >= 11 is 13.0. The molecule has 0 aliphatic rings. The molecule has 132 valence electrons. The normalized spacial score (nSPS) is 11.5. The van der Waals surface area contributed by atoms with Gasteiger partial charge in [0.05, 0.1) is 23.4 Å². The summed E-state index contributed by atoms with van der Waals surface area (Å²) in [6, 6.07) is 15.7. The molecule has 0 bridgehead atoms. The van der Waals surface area contributed by atoms with Crippen LogP contribution < -0.4 is 0 Å². The van der Waals surface area contributed by atoms with Crippen LogP contribution in [0.2, 0.25) is 5.02 Å². The second kappa shape index (κ2) is 7.28. The van der Waals surface area contributed by atoms with Crippen molar-refractivity contribution in [3.05, 3.63) is 63.3 Å². The van der Waals surface area contributed by atoms with Crippen LogP contribution in [0.25, 0.3) is 21.6 Å². The fraction of sp³-hybridized carbons (Fsp3) is 0.167. The third kappa shape index (κ3) is 3.71. The van der Waals surface area contributed by atoms with E-state index < -0.39 is 0 Å². The summed E-state index contributed by atoms with van der Waals surface area (Å²) in [4.78, 5) is 11.3. The molecule has 2 aromatic carbocycles. The van der Waals surface area contributed by atoms with Gasteiger partial charge in [-0.05, 0) is 55.7 Å². The van der Waals surface area contributed by atoms with E-state index in [2.05, 4.69) is 26.0 Å². The minimum Gasteiger partial charge on any atom is -0.281 e. The SMILES string of the molecule is CN(Cc1nc2ccccc2s1)Cn1[nH]c(-c2ccc(Cl)cc2)nc1=S. The number of benzene rings is 2. The van der Waals surface area contributed by atoms with Gasteiger partial charge in [-0.3, -0.25) is 10.00 Å². The Morgan fingerprint density at radius 3 is 2.69 bits per heavy atom. The molecule has 4 aromatic rings. The summed E-state index contributed by atoms with van der Waals surface area (Å²) in [7, 11) is 2.04. The van der Waals surface area contributed by atoms with Gasteiger partial charge in [0.15, 0.2) is 5.82 Å². The minimum absolute atomic E-state index is 0.520. The molecule has 0 aliphatic heterocycles. The van der Waals surface area contributed by atoms with E-state index in [1.165, 1.54) is 4.70 Å². The molecule has 0 aliphatic carbocycles. The number of hydrogen-bond acceptors (Lipinski definition) is 5. The molecule has 0 amide bonds. The number of halogens is 1. The Kier molecular flexibility index (Phi) is 4.86. The Morgan fingerprint density at radius 2 is 1.92 bits per heavy atom. The second-order valence-electron chi connectivity index (χ2n) is 6.02. The van der Waals surface area contributed by atoms with Crippen molar-refractivity contribution in [2.24, 2.45) is 0 Å². The number of rotatable bonds is 5. The van der Waals surface area contributed by atoms with E-state index in [0.717, 1.165) is 28.5 Å². The van der Waals surface area contributed by atoms with Gasteiger partial charge in [-0.2, -0.15) is 4.98 Å². The molecule has 0 radical (unpaired) electrons. The van der Waals surface area contributed by atoms with E-state index in [1.54, 1.807) is 11.3 Å². The van der Waals surface area contributed by atoms with Gasteiger partial charge >= 0.3 is 0 Å². The molecule has 26 heavy (non-hydrogen) atoms. The highest BCUT2D eigenvalue weighted by atomic mass is 35.5. The molecule has 0 saturated carbocycles. The van der Waals surface area contributed by atoms with Crippen molar-refractivity contribution in [1.82, 2.24) is 24.6 Å². The zero-order valence-electron chi connectivity index (χ0n) is 14.0. The van der Waals surface area contributed by atoms with Crippen molar-refractivity contribution in [2.45, 2.75) is 13.2 Å². The molecular formula is C18H16ClN5S2. The molecule has 1 N–H and O–H groups in total. The van der Waals surface area contributed by atoms with Crippen LogP contribution in [0.5, 0.6) is 0 Å². The predicted molar refractivity (Wildman–Crippen MR) is 109 cm³/mol. The van der Waals surface area contributed by atoms with Crippen molar-refractivity contribution < 1.29 is 0 Å². The lowest BCUT2D eigenvalue weighted by Crippen LogP contribution is -2.22. The van der Waals surface area contributed by atoms with Crippen molar-refractivity contribution in [3.63, 3.8) is 0 Å². The maximum atomic E-state index is 5.94. The zero-order valence-corrected chi connectivity index (χ0v) is 16.4. The summed E-state index contributed by atoms with van der Waals surface area (Å²) in [5, 5.41) is 5.04. The fourth-order valence-electron chi connectivity index (χ4n) is 2.70. The molecule has 0 atom stereocenters. The van der Waals surface area contributed by atoms with Crippen LogP contribution in [0, 0.1) is 4.77 Å². The number of H-pyrrole nitrogens is 1. The third-order valence-corrected chi connectivity index (χ3v) is 5.51. The van der Waals surface area contributed by atoms with Crippen LogP contribution in [-0.4, -0.2) is 31.7 Å². The lowest BCUT2D eigenvalue weighted by atomic mass is 10.2. The Bertz CT molecular complexity index is 1060. The van der Waals surface area contributed by atoms with Gasteiger partial charge in [-0.1, -0.05) is 23.7 Å². The highest BCUT2D eigenvalue weighted by Crippen LogP contribution is 2.22. The van der Waals surface area contributed by atoms with Gasteiger partial charge in [0.2, 0.25) is 4.77 Å². The van der Waals surface area contributed by atoms with Crippen molar-refractivity contribution in [2.75, 3.05) is 7.05 Å². The number of nitrogens with one attached hydrogen (secondary N) is 1. The number of thiazole rings is 1. The Morgan fingerprint density at radius 1 is 1.15 bits per heavy atom. The second-order valence-corrected chi connectivity index (χ2v) is 7.94.